The van der Waals surface area contributed by atoms with Crippen molar-refractivity contribution < 1.29 is 9.53 Å². The van der Waals surface area contributed by atoms with Gasteiger partial charge >= 0.3 is 0 Å². The number of fused-ring (bicyclic) bond motifs is 1. The number of hydrogen-bond acceptors (Lipinski definition) is 3. The Morgan fingerprint density at radius 1 is 1.26 bits per heavy atom. The van der Waals surface area contributed by atoms with E-state index in [4.69, 9.17) is 4.74 Å². The number of H-pyrrole nitrogens is 1. The van der Waals surface area contributed by atoms with Gasteiger partial charge in [0, 0.05) is 25.3 Å². The minimum Gasteiger partial charge on any atom is -0.376 e. The third-order valence-electron chi connectivity index (χ3n) is 5.09. The molecule has 5 heteroatoms. The van der Waals surface area contributed by atoms with Gasteiger partial charge in [0.25, 0.3) is 5.91 Å². The van der Waals surface area contributed by atoms with Crippen LogP contribution in [0.1, 0.15) is 36.5 Å². The summed E-state index contributed by atoms with van der Waals surface area (Å²) >= 11 is 0. The predicted molar refractivity (Wildman–Crippen MR) is 107 cm³/mol. The van der Waals surface area contributed by atoms with Crippen molar-refractivity contribution in [3.8, 4) is 11.1 Å². The molecule has 3 aromatic rings. The van der Waals surface area contributed by atoms with E-state index in [1.54, 1.807) is 6.33 Å². The van der Waals surface area contributed by atoms with Crippen LogP contribution in [0.15, 0.2) is 48.8 Å². The van der Waals surface area contributed by atoms with Gasteiger partial charge in [0.2, 0.25) is 0 Å². The molecule has 1 saturated heterocycles. The van der Waals surface area contributed by atoms with E-state index in [2.05, 4.69) is 23.0 Å². The highest BCUT2D eigenvalue weighted by atomic mass is 16.5. The molecule has 0 spiro atoms. The molecule has 4 rings (SSSR count). The highest BCUT2D eigenvalue weighted by Gasteiger charge is 2.25. The number of hydrogen-bond donors (Lipinski definition) is 1. The van der Waals surface area contributed by atoms with E-state index in [1.807, 2.05) is 41.3 Å². The zero-order valence-corrected chi connectivity index (χ0v) is 15.6. The molecule has 1 aromatic heterocycles. The van der Waals surface area contributed by atoms with Crippen LogP contribution < -0.4 is 0 Å². The number of carbonyl (C=O) groups excluding carboxylic acids is 1. The lowest BCUT2D eigenvalue weighted by Gasteiger charge is -2.32. The monoisotopic (exact) mass is 363 g/mol. The lowest BCUT2D eigenvalue weighted by Crippen LogP contribution is -2.43. The minimum atomic E-state index is 0.0873. The summed E-state index contributed by atoms with van der Waals surface area (Å²) in [6, 6.07) is 14.0. The molecule has 1 aliphatic heterocycles. The number of rotatable bonds is 5. The first-order chi connectivity index (χ1) is 13.2. The van der Waals surface area contributed by atoms with Crippen molar-refractivity contribution >= 4 is 16.9 Å². The average molecular weight is 363 g/mol. The fourth-order valence-corrected chi connectivity index (χ4v) is 3.67. The number of ether oxygens (including phenoxy) is 1. The Morgan fingerprint density at radius 2 is 2.15 bits per heavy atom. The third-order valence-corrected chi connectivity index (χ3v) is 5.09. The number of aromatic nitrogens is 2. The van der Waals surface area contributed by atoms with E-state index < -0.39 is 0 Å². The summed E-state index contributed by atoms with van der Waals surface area (Å²) in [5.41, 5.74) is 4.78. The summed E-state index contributed by atoms with van der Waals surface area (Å²) in [7, 11) is 0. The standard InChI is InChI=1S/C22H25N3O2/c1-2-11-27-19-7-4-10-25(14-19)22(26)18-6-3-5-16(12-18)17-8-9-20-21(13-17)24-15-23-20/h3,5-6,8-9,12-13,15,19H,2,4,7,10-11,14H2,1H3,(H,23,24)/t19-/m0/s1. The van der Waals surface area contributed by atoms with E-state index in [-0.39, 0.29) is 12.0 Å². The fraction of sp³-hybridized carbons (Fsp3) is 0.364. The van der Waals surface area contributed by atoms with Gasteiger partial charge in [0.05, 0.1) is 23.5 Å². The molecule has 0 saturated carbocycles. The van der Waals surface area contributed by atoms with E-state index in [1.165, 1.54) is 0 Å². The number of aromatic amines is 1. The summed E-state index contributed by atoms with van der Waals surface area (Å²) in [4.78, 5) is 22.4. The number of nitrogens with zero attached hydrogens (tertiary/aromatic N) is 2. The van der Waals surface area contributed by atoms with Crippen LogP contribution in [0.25, 0.3) is 22.2 Å². The first-order valence-electron chi connectivity index (χ1n) is 9.69. The maximum Gasteiger partial charge on any atom is 0.253 e. The number of nitrogens with one attached hydrogen (secondary N) is 1. The summed E-state index contributed by atoms with van der Waals surface area (Å²) in [5.74, 6) is 0.0873. The summed E-state index contributed by atoms with van der Waals surface area (Å²) < 4.78 is 5.87. The number of piperidine rings is 1. The minimum absolute atomic E-state index is 0.0873. The molecule has 0 unspecified atom stereocenters. The number of carbonyl (C=O) groups is 1. The molecular weight excluding hydrogens is 338 g/mol. The van der Waals surface area contributed by atoms with E-state index in [9.17, 15) is 4.79 Å². The zero-order valence-electron chi connectivity index (χ0n) is 15.6. The van der Waals surface area contributed by atoms with Crippen molar-refractivity contribution in [3.63, 3.8) is 0 Å². The van der Waals surface area contributed by atoms with Crippen LogP contribution in [0.3, 0.4) is 0 Å². The molecule has 0 aliphatic carbocycles. The van der Waals surface area contributed by atoms with E-state index in [0.717, 1.165) is 60.1 Å². The van der Waals surface area contributed by atoms with Gasteiger partial charge in [-0.3, -0.25) is 4.79 Å². The second kappa shape index (κ2) is 7.92. The maximum absolute atomic E-state index is 13.0. The Balaban J connectivity index is 1.53. The molecule has 2 heterocycles. The smallest absolute Gasteiger partial charge is 0.253 e. The van der Waals surface area contributed by atoms with Crippen molar-refractivity contribution in [3.05, 3.63) is 54.4 Å². The number of likely N-dealkylation sites (tertiary alicyclic amines) is 1. The molecule has 1 fully saturated rings. The second-order valence-electron chi connectivity index (χ2n) is 7.10. The second-order valence-corrected chi connectivity index (χ2v) is 7.10. The van der Waals surface area contributed by atoms with E-state index in [0.29, 0.717) is 6.54 Å². The number of imidazole rings is 1. The molecule has 0 bridgehead atoms. The summed E-state index contributed by atoms with van der Waals surface area (Å²) in [6.07, 6.45) is 4.90. The molecule has 1 N–H and O–H groups in total. The normalized spacial score (nSPS) is 17.4. The average Bonchev–Trinajstić information content (AvgIpc) is 3.20. The Kier molecular flexibility index (Phi) is 5.21. The van der Waals surface area contributed by atoms with Gasteiger partial charge in [-0.1, -0.05) is 25.1 Å². The largest absolute Gasteiger partial charge is 0.376 e. The van der Waals surface area contributed by atoms with Gasteiger partial charge in [-0.2, -0.15) is 0 Å². The molecule has 140 valence electrons. The van der Waals surface area contributed by atoms with E-state index >= 15 is 0 Å². The zero-order chi connectivity index (χ0) is 18.6. The Hall–Kier alpha value is -2.66. The predicted octanol–water partition coefficient (Wildman–Crippen LogP) is 4.26. The van der Waals surface area contributed by atoms with Gasteiger partial charge in [-0.05, 0) is 54.7 Å². The maximum atomic E-state index is 13.0. The van der Waals surface area contributed by atoms with Crippen molar-refractivity contribution in [1.29, 1.82) is 0 Å². The molecule has 0 radical (unpaired) electrons. The molecule has 2 aromatic carbocycles. The van der Waals surface area contributed by atoms with Crippen LogP contribution >= 0.6 is 0 Å². The van der Waals surface area contributed by atoms with Crippen LogP contribution in [-0.2, 0) is 4.74 Å². The first kappa shape index (κ1) is 17.7. The molecule has 1 atom stereocenters. The lowest BCUT2D eigenvalue weighted by atomic mass is 10.0. The SMILES string of the molecule is CCCO[C@H]1CCCN(C(=O)c2cccc(-c3ccc4nc[nH]c4c3)c2)C1. The van der Waals surface area contributed by atoms with Gasteiger partial charge in [0.1, 0.15) is 0 Å². The summed E-state index contributed by atoms with van der Waals surface area (Å²) in [6.45, 7) is 4.36. The van der Waals surface area contributed by atoms with Crippen LogP contribution in [-0.4, -0.2) is 46.6 Å². The van der Waals surface area contributed by atoms with Crippen LogP contribution in [0.2, 0.25) is 0 Å². The summed E-state index contributed by atoms with van der Waals surface area (Å²) in [5, 5.41) is 0. The van der Waals surface area contributed by atoms with Gasteiger partial charge < -0.3 is 14.6 Å². The van der Waals surface area contributed by atoms with Crippen molar-refractivity contribution in [2.24, 2.45) is 0 Å². The van der Waals surface area contributed by atoms with Crippen LogP contribution in [0.5, 0.6) is 0 Å². The quantitative estimate of drug-likeness (QED) is 0.737. The molecule has 1 amide bonds. The van der Waals surface area contributed by atoms with Crippen LogP contribution in [0, 0.1) is 0 Å². The van der Waals surface area contributed by atoms with Crippen LogP contribution in [0.4, 0.5) is 0 Å². The first-order valence-corrected chi connectivity index (χ1v) is 9.69. The Bertz CT molecular complexity index is 934. The Labute approximate surface area is 159 Å². The van der Waals surface area contributed by atoms with Crippen molar-refractivity contribution in [1.82, 2.24) is 14.9 Å². The third kappa shape index (κ3) is 3.88. The van der Waals surface area contributed by atoms with Gasteiger partial charge in [-0.15, -0.1) is 0 Å². The number of benzene rings is 2. The van der Waals surface area contributed by atoms with Gasteiger partial charge in [0.15, 0.2) is 0 Å². The highest BCUT2D eigenvalue weighted by molar-refractivity contribution is 5.96. The number of amides is 1. The highest BCUT2D eigenvalue weighted by Crippen LogP contribution is 2.25. The molecule has 27 heavy (non-hydrogen) atoms. The lowest BCUT2D eigenvalue weighted by molar-refractivity contribution is 0.00211. The topological polar surface area (TPSA) is 58.2 Å². The van der Waals surface area contributed by atoms with Crippen molar-refractivity contribution in [2.75, 3.05) is 19.7 Å². The fourth-order valence-electron chi connectivity index (χ4n) is 3.67. The van der Waals surface area contributed by atoms with Gasteiger partial charge in [-0.25, -0.2) is 4.98 Å². The molecular formula is C22H25N3O2. The van der Waals surface area contributed by atoms with Crippen molar-refractivity contribution in [2.45, 2.75) is 32.3 Å². The molecule has 5 nitrogen and oxygen atoms in total. The Morgan fingerprint density at radius 3 is 3.04 bits per heavy atom. The molecule has 1 aliphatic rings.